The van der Waals surface area contributed by atoms with Crippen LogP contribution in [-0.2, 0) is 6.54 Å². The summed E-state index contributed by atoms with van der Waals surface area (Å²) in [5, 5.41) is 11.6. The Bertz CT molecular complexity index is 645. The first-order valence-corrected chi connectivity index (χ1v) is 6.05. The van der Waals surface area contributed by atoms with E-state index in [1.165, 1.54) is 18.2 Å². The smallest absolute Gasteiger partial charge is 0.404 e. The molecule has 0 saturated heterocycles. The monoisotopic (exact) mass is 292 g/mol. The number of anilines is 1. The molecule has 108 valence electrons. The average molecular weight is 292 g/mol. The molecule has 0 unspecified atom stereocenters. The Morgan fingerprint density at radius 3 is 2.33 bits per heavy atom. The summed E-state index contributed by atoms with van der Waals surface area (Å²) in [7, 11) is 0. The molecular weight excluding hydrogens is 281 g/mol. The van der Waals surface area contributed by atoms with E-state index in [0.717, 1.165) is 5.56 Å². The second kappa shape index (κ2) is 6.18. The second-order valence-electron chi connectivity index (χ2n) is 4.21. The highest BCUT2D eigenvalue weighted by Crippen LogP contribution is 2.30. The summed E-state index contributed by atoms with van der Waals surface area (Å²) in [5.74, 6) is -0.279. The maximum atomic E-state index is 12.3. The van der Waals surface area contributed by atoms with Gasteiger partial charge in [-0.1, -0.05) is 24.3 Å². The highest BCUT2D eigenvalue weighted by molar-refractivity contribution is 5.56. The van der Waals surface area contributed by atoms with E-state index in [1.807, 2.05) is 6.07 Å². The Morgan fingerprint density at radius 2 is 1.71 bits per heavy atom. The zero-order valence-corrected chi connectivity index (χ0v) is 10.8. The molecule has 2 aromatic carbocycles. The van der Waals surface area contributed by atoms with Gasteiger partial charge in [0.15, 0.2) is 5.75 Å². The SMILES string of the molecule is N#Cc1ccc(CNc2ccccc2OC(F)(F)F)cc1. The Balaban J connectivity index is 2.07. The third kappa shape index (κ3) is 4.42. The number of para-hydroxylation sites is 2. The van der Waals surface area contributed by atoms with Gasteiger partial charge in [0.1, 0.15) is 0 Å². The van der Waals surface area contributed by atoms with Gasteiger partial charge >= 0.3 is 6.36 Å². The van der Waals surface area contributed by atoms with Crippen LogP contribution >= 0.6 is 0 Å². The van der Waals surface area contributed by atoms with Gasteiger partial charge < -0.3 is 10.1 Å². The number of alkyl halides is 3. The zero-order chi connectivity index (χ0) is 15.3. The number of benzene rings is 2. The van der Waals surface area contributed by atoms with Crippen molar-refractivity contribution in [2.24, 2.45) is 0 Å². The summed E-state index contributed by atoms with van der Waals surface area (Å²) in [6.45, 7) is 0.323. The van der Waals surface area contributed by atoms with E-state index in [0.29, 0.717) is 12.1 Å². The topological polar surface area (TPSA) is 45.0 Å². The molecule has 0 aliphatic rings. The van der Waals surface area contributed by atoms with Gasteiger partial charge in [0.2, 0.25) is 0 Å². The summed E-state index contributed by atoms with van der Waals surface area (Å²) in [6, 6.07) is 14.6. The molecule has 0 radical (unpaired) electrons. The predicted octanol–water partition coefficient (Wildman–Crippen LogP) is 4.07. The molecule has 0 fully saturated rings. The largest absolute Gasteiger partial charge is 0.573 e. The van der Waals surface area contributed by atoms with E-state index in [4.69, 9.17) is 5.26 Å². The van der Waals surface area contributed by atoms with Crippen molar-refractivity contribution in [3.8, 4) is 11.8 Å². The summed E-state index contributed by atoms with van der Waals surface area (Å²) in [6.07, 6.45) is -4.73. The fourth-order valence-corrected chi connectivity index (χ4v) is 1.72. The highest BCUT2D eigenvalue weighted by Gasteiger charge is 2.32. The van der Waals surface area contributed by atoms with Crippen LogP contribution < -0.4 is 10.1 Å². The van der Waals surface area contributed by atoms with E-state index in [-0.39, 0.29) is 11.4 Å². The van der Waals surface area contributed by atoms with Crippen molar-refractivity contribution in [3.63, 3.8) is 0 Å². The third-order valence-corrected chi connectivity index (χ3v) is 2.68. The summed E-state index contributed by atoms with van der Waals surface area (Å²) >= 11 is 0. The van der Waals surface area contributed by atoms with E-state index >= 15 is 0 Å². The van der Waals surface area contributed by atoms with E-state index in [2.05, 4.69) is 10.1 Å². The fourth-order valence-electron chi connectivity index (χ4n) is 1.72. The van der Waals surface area contributed by atoms with Crippen molar-refractivity contribution in [1.82, 2.24) is 0 Å². The first-order valence-electron chi connectivity index (χ1n) is 6.05. The Labute approximate surface area is 119 Å². The summed E-state index contributed by atoms with van der Waals surface area (Å²) in [4.78, 5) is 0. The fraction of sp³-hybridized carbons (Fsp3) is 0.133. The Morgan fingerprint density at radius 1 is 1.05 bits per heavy atom. The summed E-state index contributed by atoms with van der Waals surface area (Å²) in [5.41, 5.74) is 1.62. The number of halogens is 3. The van der Waals surface area contributed by atoms with Gasteiger partial charge in [0.25, 0.3) is 0 Å². The lowest BCUT2D eigenvalue weighted by molar-refractivity contribution is -0.274. The van der Waals surface area contributed by atoms with E-state index in [1.54, 1.807) is 30.3 Å². The van der Waals surface area contributed by atoms with Gasteiger partial charge in [0, 0.05) is 6.54 Å². The van der Waals surface area contributed by atoms with Gasteiger partial charge in [-0.3, -0.25) is 0 Å². The van der Waals surface area contributed by atoms with Crippen molar-refractivity contribution in [2.45, 2.75) is 12.9 Å². The van der Waals surface area contributed by atoms with Crippen LogP contribution in [0.25, 0.3) is 0 Å². The number of hydrogen-bond donors (Lipinski definition) is 1. The van der Waals surface area contributed by atoms with Crippen LogP contribution in [0.4, 0.5) is 18.9 Å². The molecule has 0 atom stereocenters. The van der Waals surface area contributed by atoms with Crippen LogP contribution in [0.5, 0.6) is 5.75 Å². The molecule has 0 saturated carbocycles. The lowest BCUT2D eigenvalue weighted by Gasteiger charge is -2.14. The molecule has 0 aliphatic carbocycles. The molecule has 1 N–H and O–H groups in total. The molecular formula is C15H11F3N2O. The normalized spacial score (nSPS) is 10.8. The molecule has 0 aliphatic heterocycles. The van der Waals surface area contributed by atoms with Crippen molar-refractivity contribution < 1.29 is 17.9 Å². The van der Waals surface area contributed by atoms with E-state index in [9.17, 15) is 13.2 Å². The highest BCUT2D eigenvalue weighted by atomic mass is 19.4. The van der Waals surface area contributed by atoms with Crippen molar-refractivity contribution in [3.05, 3.63) is 59.7 Å². The minimum Gasteiger partial charge on any atom is -0.404 e. The quantitative estimate of drug-likeness (QED) is 0.924. The maximum Gasteiger partial charge on any atom is 0.573 e. The number of nitrogens with zero attached hydrogens (tertiary/aromatic N) is 1. The number of nitrogens with one attached hydrogen (secondary N) is 1. The molecule has 2 rings (SSSR count). The van der Waals surface area contributed by atoms with Crippen LogP contribution in [0.2, 0.25) is 0 Å². The lowest BCUT2D eigenvalue weighted by Crippen LogP contribution is -2.18. The maximum absolute atomic E-state index is 12.3. The molecule has 0 aromatic heterocycles. The second-order valence-corrected chi connectivity index (χ2v) is 4.21. The molecule has 0 spiro atoms. The predicted molar refractivity (Wildman–Crippen MR) is 71.6 cm³/mol. The molecule has 0 bridgehead atoms. The van der Waals surface area contributed by atoms with Crippen LogP contribution in [0, 0.1) is 11.3 Å². The molecule has 0 heterocycles. The lowest BCUT2D eigenvalue weighted by atomic mass is 10.1. The van der Waals surface area contributed by atoms with Crippen molar-refractivity contribution in [2.75, 3.05) is 5.32 Å². The number of nitriles is 1. The summed E-state index contributed by atoms with van der Waals surface area (Å²) < 4.78 is 40.8. The molecule has 2 aromatic rings. The molecule has 6 heteroatoms. The minimum absolute atomic E-state index is 0.249. The van der Waals surface area contributed by atoms with E-state index < -0.39 is 6.36 Å². The van der Waals surface area contributed by atoms with Gasteiger partial charge in [-0.2, -0.15) is 5.26 Å². The standard InChI is InChI=1S/C15H11F3N2O/c16-15(17,18)21-14-4-2-1-3-13(14)20-10-12-7-5-11(9-19)6-8-12/h1-8,20H,10H2. The van der Waals surface area contributed by atoms with Crippen LogP contribution in [0.1, 0.15) is 11.1 Å². The third-order valence-electron chi connectivity index (χ3n) is 2.68. The van der Waals surface area contributed by atoms with Gasteiger partial charge in [-0.15, -0.1) is 13.2 Å². The van der Waals surface area contributed by atoms with Gasteiger partial charge in [0.05, 0.1) is 17.3 Å². The first kappa shape index (κ1) is 14.7. The minimum atomic E-state index is -4.73. The van der Waals surface area contributed by atoms with Crippen LogP contribution in [0.3, 0.4) is 0 Å². The van der Waals surface area contributed by atoms with Crippen LogP contribution in [-0.4, -0.2) is 6.36 Å². The van der Waals surface area contributed by atoms with Gasteiger partial charge in [-0.05, 0) is 29.8 Å². The Kier molecular flexibility index (Phi) is 4.33. The average Bonchev–Trinajstić information content (AvgIpc) is 2.45. The molecule has 21 heavy (non-hydrogen) atoms. The van der Waals surface area contributed by atoms with Gasteiger partial charge in [-0.25, -0.2) is 0 Å². The van der Waals surface area contributed by atoms with Crippen molar-refractivity contribution >= 4 is 5.69 Å². The number of hydrogen-bond acceptors (Lipinski definition) is 3. The molecule has 3 nitrogen and oxygen atoms in total. The zero-order valence-electron chi connectivity index (χ0n) is 10.8. The van der Waals surface area contributed by atoms with Crippen LogP contribution in [0.15, 0.2) is 48.5 Å². The number of rotatable bonds is 4. The first-order chi connectivity index (χ1) is 9.98. The Hall–Kier alpha value is -2.68. The van der Waals surface area contributed by atoms with Crippen molar-refractivity contribution in [1.29, 1.82) is 5.26 Å². The molecule has 0 amide bonds. The number of ether oxygens (including phenoxy) is 1.